The van der Waals surface area contributed by atoms with Crippen LogP contribution in [-0.4, -0.2) is 35.2 Å². The highest BCUT2D eigenvalue weighted by Gasteiger charge is 2.32. The van der Waals surface area contributed by atoms with Crippen molar-refractivity contribution in [3.63, 3.8) is 0 Å². The summed E-state index contributed by atoms with van der Waals surface area (Å²) < 4.78 is 4.87. The predicted octanol–water partition coefficient (Wildman–Crippen LogP) is 3.83. The van der Waals surface area contributed by atoms with Crippen LogP contribution in [0.25, 0.3) is 0 Å². The van der Waals surface area contributed by atoms with Crippen molar-refractivity contribution in [2.24, 2.45) is 0 Å². The highest BCUT2D eigenvalue weighted by Crippen LogP contribution is 2.20. The Labute approximate surface area is 172 Å². The number of methoxy groups -OCH3 is 1. The number of aliphatic hydroxyl groups excluding tert-OH is 1. The number of benzene rings is 3. The molecule has 0 unspecified atom stereocenters. The van der Waals surface area contributed by atoms with E-state index in [-0.39, 0.29) is 0 Å². The Morgan fingerprint density at radius 1 is 0.793 bits per heavy atom. The molecule has 2 atom stereocenters. The van der Waals surface area contributed by atoms with Crippen LogP contribution in [0.2, 0.25) is 0 Å². The Kier molecular flexibility index (Phi) is 7.56. The summed E-state index contributed by atoms with van der Waals surface area (Å²) in [5.74, 6) is -0.614. The SMILES string of the molecule is COC(=O)[C@@H](O)[C@H](Cc1ccccc1)N(Cc1ccccc1)Cc1ccccc1. The normalized spacial score (nSPS) is 13.1. The molecule has 0 aliphatic heterocycles. The number of carbonyl (C=O) groups excluding carboxylic acids is 1. The molecule has 0 bridgehead atoms. The van der Waals surface area contributed by atoms with E-state index in [1.807, 2.05) is 66.7 Å². The first-order chi connectivity index (χ1) is 14.2. The summed E-state index contributed by atoms with van der Waals surface area (Å²) >= 11 is 0. The van der Waals surface area contributed by atoms with Crippen molar-refractivity contribution in [3.05, 3.63) is 108 Å². The molecule has 0 heterocycles. The van der Waals surface area contributed by atoms with Crippen molar-refractivity contribution in [1.82, 2.24) is 4.90 Å². The molecular formula is C25H27NO3. The number of hydrogen-bond acceptors (Lipinski definition) is 4. The lowest BCUT2D eigenvalue weighted by molar-refractivity contribution is -0.154. The van der Waals surface area contributed by atoms with Crippen molar-refractivity contribution in [3.8, 4) is 0 Å². The van der Waals surface area contributed by atoms with Crippen LogP contribution in [0.1, 0.15) is 16.7 Å². The summed E-state index contributed by atoms with van der Waals surface area (Å²) in [7, 11) is 1.31. The van der Waals surface area contributed by atoms with E-state index in [4.69, 9.17) is 4.74 Å². The number of esters is 1. The largest absolute Gasteiger partial charge is 0.467 e. The van der Waals surface area contributed by atoms with Crippen LogP contribution in [0.3, 0.4) is 0 Å². The molecule has 0 amide bonds. The van der Waals surface area contributed by atoms with Crippen LogP contribution in [0, 0.1) is 0 Å². The molecule has 0 aromatic heterocycles. The second-order valence-electron chi connectivity index (χ2n) is 7.10. The van der Waals surface area contributed by atoms with Gasteiger partial charge in [0.2, 0.25) is 0 Å². The van der Waals surface area contributed by atoms with E-state index in [0.29, 0.717) is 19.5 Å². The van der Waals surface area contributed by atoms with Crippen molar-refractivity contribution in [2.75, 3.05) is 7.11 Å². The standard InChI is InChI=1S/C25H27NO3/c1-29-25(28)24(27)23(17-20-11-5-2-6-12-20)26(18-21-13-7-3-8-14-21)19-22-15-9-4-10-16-22/h2-16,23-24,27H,17-19H2,1H3/t23-,24-/m0/s1. The first-order valence-corrected chi connectivity index (χ1v) is 9.79. The highest BCUT2D eigenvalue weighted by atomic mass is 16.5. The summed E-state index contributed by atoms with van der Waals surface area (Å²) in [6, 6.07) is 29.7. The molecule has 0 aliphatic carbocycles. The lowest BCUT2D eigenvalue weighted by atomic mass is 9.98. The summed E-state index contributed by atoms with van der Waals surface area (Å²) in [6.07, 6.45) is -0.704. The summed E-state index contributed by atoms with van der Waals surface area (Å²) in [5.41, 5.74) is 3.31. The van der Waals surface area contributed by atoms with Gasteiger partial charge in [-0.1, -0.05) is 91.0 Å². The van der Waals surface area contributed by atoms with Gasteiger partial charge in [0.1, 0.15) is 0 Å². The number of rotatable bonds is 9. The zero-order chi connectivity index (χ0) is 20.5. The van der Waals surface area contributed by atoms with Gasteiger partial charge in [0, 0.05) is 13.1 Å². The molecule has 0 aliphatic rings. The molecule has 4 nitrogen and oxygen atoms in total. The molecule has 3 aromatic rings. The fourth-order valence-electron chi connectivity index (χ4n) is 3.50. The van der Waals surface area contributed by atoms with Gasteiger partial charge < -0.3 is 9.84 Å². The summed E-state index contributed by atoms with van der Waals surface area (Å²) in [6.45, 7) is 1.22. The van der Waals surface area contributed by atoms with Gasteiger partial charge in [-0.3, -0.25) is 4.90 Å². The molecule has 150 valence electrons. The van der Waals surface area contributed by atoms with Gasteiger partial charge in [-0.2, -0.15) is 0 Å². The summed E-state index contributed by atoms with van der Waals surface area (Å²) in [4.78, 5) is 14.4. The minimum atomic E-state index is -1.24. The Balaban J connectivity index is 1.93. The van der Waals surface area contributed by atoms with Gasteiger partial charge in [-0.05, 0) is 23.1 Å². The van der Waals surface area contributed by atoms with E-state index in [1.54, 1.807) is 0 Å². The monoisotopic (exact) mass is 389 g/mol. The van der Waals surface area contributed by atoms with Gasteiger partial charge in [-0.15, -0.1) is 0 Å². The fourth-order valence-corrected chi connectivity index (χ4v) is 3.50. The number of ether oxygens (including phenoxy) is 1. The fraction of sp³-hybridized carbons (Fsp3) is 0.240. The lowest BCUT2D eigenvalue weighted by Crippen LogP contribution is -2.48. The molecular weight excluding hydrogens is 362 g/mol. The lowest BCUT2D eigenvalue weighted by Gasteiger charge is -2.34. The third kappa shape index (κ3) is 6.01. The van der Waals surface area contributed by atoms with Crippen LogP contribution < -0.4 is 0 Å². The zero-order valence-electron chi connectivity index (χ0n) is 16.6. The van der Waals surface area contributed by atoms with Crippen molar-refractivity contribution < 1.29 is 14.6 Å². The van der Waals surface area contributed by atoms with Crippen LogP contribution in [0.5, 0.6) is 0 Å². The molecule has 1 N–H and O–H groups in total. The van der Waals surface area contributed by atoms with E-state index in [1.165, 1.54) is 7.11 Å². The maximum Gasteiger partial charge on any atom is 0.336 e. The average molecular weight is 389 g/mol. The Bertz CT molecular complexity index is 827. The smallest absolute Gasteiger partial charge is 0.336 e. The zero-order valence-corrected chi connectivity index (χ0v) is 16.6. The number of hydrogen-bond donors (Lipinski definition) is 1. The molecule has 3 rings (SSSR count). The molecule has 0 saturated carbocycles. The third-order valence-electron chi connectivity index (χ3n) is 5.02. The Morgan fingerprint density at radius 2 is 1.21 bits per heavy atom. The number of nitrogens with zero attached hydrogens (tertiary/aromatic N) is 1. The van der Waals surface area contributed by atoms with Crippen LogP contribution in [0.4, 0.5) is 0 Å². The van der Waals surface area contributed by atoms with Crippen molar-refractivity contribution in [1.29, 1.82) is 0 Å². The highest BCUT2D eigenvalue weighted by molar-refractivity contribution is 5.75. The minimum absolute atomic E-state index is 0.426. The summed E-state index contributed by atoms with van der Waals surface area (Å²) in [5, 5.41) is 10.8. The minimum Gasteiger partial charge on any atom is -0.467 e. The van der Waals surface area contributed by atoms with E-state index >= 15 is 0 Å². The van der Waals surface area contributed by atoms with Crippen LogP contribution in [-0.2, 0) is 29.0 Å². The van der Waals surface area contributed by atoms with Gasteiger partial charge >= 0.3 is 5.97 Å². The molecule has 0 saturated heterocycles. The topological polar surface area (TPSA) is 49.8 Å². The van der Waals surface area contributed by atoms with Gasteiger partial charge in [0.15, 0.2) is 6.10 Å². The number of carbonyl (C=O) groups is 1. The number of aliphatic hydroxyl groups is 1. The van der Waals surface area contributed by atoms with E-state index in [0.717, 1.165) is 16.7 Å². The van der Waals surface area contributed by atoms with Gasteiger partial charge in [0.25, 0.3) is 0 Å². The molecule has 3 aromatic carbocycles. The van der Waals surface area contributed by atoms with Crippen molar-refractivity contribution in [2.45, 2.75) is 31.7 Å². The quantitative estimate of drug-likeness (QED) is 0.565. The van der Waals surface area contributed by atoms with E-state index in [9.17, 15) is 9.90 Å². The Morgan fingerprint density at radius 3 is 1.62 bits per heavy atom. The molecule has 29 heavy (non-hydrogen) atoms. The maximum atomic E-state index is 12.3. The second-order valence-corrected chi connectivity index (χ2v) is 7.10. The van der Waals surface area contributed by atoms with Crippen molar-refractivity contribution >= 4 is 5.97 Å². The third-order valence-corrected chi connectivity index (χ3v) is 5.02. The predicted molar refractivity (Wildman–Crippen MR) is 114 cm³/mol. The first kappa shape index (κ1) is 20.8. The molecule has 0 radical (unpaired) electrons. The van der Waals surface area contributed by atoms with E-state index < -0.39 is 18.1 Å². The van der Waals surface area contributed by atoms with E-state index in [2.05, 4.69) is 29.2 Å². The second kappa shape index (κ2) is 10.6. The Hall–Kier alpha value is -2.95. The average Bonchev–Trinajstić information content (AvgIpc) is 2.78. The van der Waals surface area contributed by atoms with Gasteiger partial charge in [0.05, 0.1) is 13.2 Å². The van der Waals surface area contributed by atoms with Crippen LogP contribution in [0.15, 0.2) is 91.0 Å². The van der Waals surface area contributed by atoms with Gasteiger partial charge in [-0.25, -0.2) is 4.79 Å². The maximum absolute atomic E-state index is 12.3. The molecule has 0 fully saturated rings. The van der Waals surface area contributed by atoms with Crippen LogP contribution >= 0.6 is 0 Å². The first-order valence-electron chi connectivity index (χ1n) is 9.79. The molecule has 4 heteroatoms. The molecule has 0 spiro atoms.